The predicted molar refractivity (Wildman–Crippen MR) is 79.2 cm³/mol. The van der Waals surface area contributed by atoms with Crippen LogP contribution in [0.1, 0.15) is 30.9 Å². The Morgan fingerprint density at radius 2 is 1.79 bits per heavy atom. The quantitative estimate of drug-likeness (QED) is 0.885. The third-order valence-electron chi connectivity index (χ3n) is 3.21. The molecular weight excluding hydrogens is 258 g/mol. The first-order valence-electron chi connectivity index (χ1n) is 6.58. The molecule has 0 spiro atoms. The van der Waals surface area contributed by atoms with E-state index in [4.69, 9.17) is 11.6 Å². The van der Waals surface area contributed by atoms with Crippen molar-refractivity contribution in [2.24, 2.45) is 0 Å². The lowest BCUT2D eigenvalue weighted by Gasteiger charge is -2.13. The molecule has 19 heavy (non-hydrogen) atoms. The lowest BCUT2D eigenvalue weighted by molar-refractivity contribution is 0.282. The minimum Gasteiger partial charge on any atom is -0.392 e. The Bertz CT molecular complexity index is 537. The first-order valence-corrected chi connectivity index (χ1v) is 6.96. The second-order valence-corrected chi connectivity index (χ2v) is 5.04. The molecule has 2 aromatic rings. The number of nitrogens with zero attached hydrogens (tertiary/aromatic N) is 1. The van der Waals surface area contributed by atoms with Crippen LogP contribution in [0.25, 0.3) is 11.1 Å². The normalized spacial score (nSPS) is 10.7. The molecule has 0 aliphatic rings. The standard InChI is InChI=1S/C16H18ClNO/c1-2-3-4-13-9-18-10-14(11-19)16(13)12-5-7-15(17)8-6-12/h5-10,19H,2-4,11H2,1H3. The summed E-state index contributed by atoms with van der Waals surface area (Å²) in [7, 11) is 0. The van der Waals surface area contributed by atoms with E-state index in [0.717, 1.165) is 41.0 Å². The van der Waals surface area contributed by atoms with Crippen molar-refractivity contribution >= 4 is 11.6 Å². The molecule has 100 valence electrons. The highest BCUT2D eigenvalue weighted by Gasteiger charge is 2.10. The van der Waals surface area contributed by atoms with E-state index in [1.807, 2.05) is 30.5 Å². The molecule has 1 heterocycles. The minimum absolute atomic E-state index is 0.00489. The number of benzene rings is 1. The second-order valence-electron chi connectivity index (χ2n) is 4.60. The fourth-order valence-electron chi connectivity index (χ4n) is 2.22. The number of aryl methyl sites for hydroxylation is 1. The van der Waals surface area contributed by atoms with Crippen molar-refractivity contribution in [3.63, 3.8) is 0 Å². The Hall–Kier alpha value is -1.38. The zero-order valence-corrected chi connectivity index (χ0v) is 11.8. The molecule has 0 saturated heterocycles. The number of hydrogen-bond donors (Lipinski definition) is 1. The molecule has 0 radical (unpaired) electrons. The summed E-state index contributed by atoms with van der Waals surface area (Å²) in [5, 5.41) is 10.2. The molecule has 0 saturated carbocycles. The maximum absolute atomic E-state index is 9.52. The van der Waals surface area contributed by atoms with Gasteiger partial charge in [-0.25, -0.2) is 0 Å². The first-order chi connectivity index (χ1) is 9.26. The lowest BCUT2D eigenvalue weighted by Crippen LogP contribution is -1.98. The molecule has 3 heteroatoms. The van der Waals surface area contributed by atoms with Crippen LogP contribution in [0.15, 0.2) is 36.7 Å². The van der Waals surface area contributed by atoms with Crippen LogP contribution in [-0.2, 0) is 13.0 Å². The van der Waals surface area contributed by atoms with Crippen molar-refractivity contribution < 1.29 is 5.11 Å². The van der Waals surface area contributed by atoms with Gasteiger partial charge in [-0.15, -0.1) is 0 Å². The highest BCUT2D eigenvalue weighted by molar-refractivity contribution is 6.30. The monoisotopic (exact) mass is 275 g/mol. The number of aliphatic hydroxyl groups excluding tert-OH is 1. The Balaban J connectivity index is 2.48. The Kier molecular flexibility index (Phi) is 4.94. The van der Waals surface area contributed by atoms with Gasteiger partial charge >= 0.3 is 0 Å². The van der Waals surface area contributed by atoms with Gasteiger partial charge in [0.15, 0.2) is 0 Å². The highest BCUT2D eigenvalue weighted by atomic mass is 35.5. The van der Waals surface area contributed by atoms with Gasteiger partial charge in [-0.05, 0) is 41.7 Å². The average molecular weight is 276 g/mol. The van der Waals surface area contributed by atoms with E-state index in [2.05, 4.69) is 11.9 Å². The van der Waals surface area contributed by atoms with E-state index in [1.54, 1.807) is 6.20 Å². The summed E-state index contributed by atoms with van der Waals surface area (Å²) in [6.07, 6.45) is 6.88. The average Bonchev–Trinajstić information content (AvgIpc) is 2.45. The Labute approximate surface area is 119 Å². The van der Waals surface area contributed by atoms with Gasteiger partial charge in [0.1, 0.15) is 0 Å². The van der Waals surface area contributed by atoms with Gasteiger partial charge in [-0.2, -0.15) is 0 Å². The van der Waals surface area contributed by atoms with E-state index < -0.39 is 0 Å². The van der Waals surface area contributed by atoms with Crippen molar-refractivity contribution in [3.05, 3.63) is 52.8 Å². The van der Waals surface area contributed by atoms with Gasteiger partial charge in [0.25, 0.3) is 0 Å². The van der Waals surface area contributed by atoms with Crippen LogP contribution < -0.4 is 0 Å². The molecule has 0 bridgehead atoms. The van der Waals surface area contributed by atoms with Gasteiger partial charge < -0.3 is 5.11 Å². The fraction of sp³-hybridized carbons (Fsp3) is 0.312. The molecular formula is C16H18ClNO. The number of pyridine rings is 1. The summed E-state index contributed by atoms with van der Waals surface area (Å²) in [5.74, 6) is 0. The van der Waals surface area contributed by atoms with Crippen molar-refractivity contribution in [1.29, 1.82) is 0 Å². The molecule has 2 rings (SSSR count). The van der Waals surface area contributed by atoms with E-state index in [1.165, 1.54) is 5.56 Å². The van der Waals surface area contributed by atoms with E-state index >= 15 is 0 Å². The number of unbranched alkanes of at least 4 members (excludes halogenated alkanes) is 1. The van der Waals surface area contributed by atoms with Gasteiger partial charge in [0.05, 0.1) is 6.61 Å². The number of rotatable bonds is 5. The van der Waals surface area contributed by atoms with Crippen LogP contribution in [0.4, 0.5) is 0 Å². The van der Waals surface area contributed by atoms with Crippen molar-refractivity contribution in [1.82, 2.24) is 4.98 Å². The van der Waals surface area contributed by atoms with E-state index in [9.17, 15) is 5.11 Å². The predicted octanol–water partition coefficient (Wildman–Crippen LogP) is 4.24. The number of aliphatic hydroxyl groups is 1. The number of halogens is 1. The zero-order valence-electron chi connectivity index (χ0n) is 11.1. The molecule has 0 aliphatic carbocycles. The van der Waals surface area contributed by atoms with Crippen molar-refractivity contribution in [2.75, 3.05) is 0 Å². The summed E-state index contributed by atoms with van der Waals surface area (Å²) in [6.45, 7) is 2.18. The van der Waals surface area contributed by atoms with Crippen LogP contribution in [0.3, 0.4) is 0 Å². The molecule has 0 unspecified atom stereocenters. The van der Waals surface area contributed by atoms with Crippen LogP contribution in [-0.4, -0.2) is 10.1 Å². The maximum atomic E-state index is 9.52. The molecule has 0 atom stereocenters. The molecule has 0 fully saturated rings. The fourth-order valence-corrected chi connectivity index (χ4v) is 2.34. The Morgan fingerprint density at radius 3 is 2.42 bits per heavy atom. The second kappa shape index (κ2) is 6.69. The topological polar surface area (TPSA) is 33.1 Å². The molecule has 1 aromatic carbocycles. The lowest BCUT2D eigenvalue weighted by atomic mass is 9.94. The van der Waals surface area contributed by atoms with Gasteiger partial charge in [0.2, 0.25) is 0 Å². The van der Waals surface area contributed by atoms with Crippen molar-refractivity contribution in [2.45, 2.75) is 32.8 Å². The smallest absolute Gasteiger partial charge is 0.0703 e. The van der Waals surface area contributed by atoms with Crippen LogP contribution >= 0.6 is 11.6 Å². The zero-order chi connectivity index (χ0) is 13.7. The van der Waals surface area contributed by atoms with Gasteiger partial charge in [-0.3, -0.25) is 4.98 Å². The summed E-state index contributed by atoms with van der Waals surface area (Å²) in [6, 6.07) is 7.74. The Morgan fingerprint density at radius 1 is 1.11 bits per heavy atom. The SMILES string of the molecule is CCCCc1cncc(CO)c1-c1ccc(Cl)cc1. The summed E-state index contributed by atoms with van der Waals surface area (Å²) >= 11 is 5.93. The van der Waals surface area contributed by atoms with Crippen LogP contribution in [0.2, 0.25) is 5.02 Å². The summed E-state index contributed by atoms with van der Waals surface area (Å²) in [4.78, 5) is 4.23. The third kappa shape index (κ3) is 3.34. The molecule has 0 amide bonds. The largest absolute Gasteiger partial charge is 0.392 e. The van der Waals surface area contributed by atoms with Crippen LogP contribution in [0, 0.1) is 0 Å². The minimum atomic E-state index is 0.00489. The molecule has 1 aromatic heterocycles. The highest BCUT2D eigenvalue weighted by Crippen LogP contribution is 2.29. The molecule has 2 nitrogen and oxygen atoms in total. The van der Waals surface area contributed by atoms with E-state index in [0.29, 0.717) is 0 Å². The van der Waals surface area contributed by atoms with Gasteiger partial charge in [-0.1, -0.05) is 37.1 Å². The third-order valence-corrected chi connectivity index (χ3v) is 3.46. The maximum Gasteiger partial charge on any atom is 0.0703 e. The molecule has 0 aliphatic heterocycles. The summed E-state index contributed by atoms with van der Waals surface area (Å²) < 4.78 is 0. The van der Waals surface area contributed by atoms with Gasteiger partial charge in [0, 0.05) is 23.0 Å². The van der Waals surface area contributed by atoms with Crippen LogP contribution in [0.5, 0.6) is 0 Å². The van der Waals surface area contributed by atoms with E-state index in [-0.39, 0.29) is 6.61 Å². The first kappa shape index (κ1) is 14.0. The summed E-state index contributed by atoms with van der Waals surface area (Å²) in [5.41, 5.74) is 4.25. The molecule has 1 N–H and O–H groups in total. The number of hydrogen-bond acceptors (Lipinski definition) is 2. The number of aromatic nitrogens is 1. The van der Waals surface area contributed by atoms with Crippen molar-refractivity contribution in [3.8, 4) is 11.1 Å².